The summed E-state index contributed by atoms with van der Waals surface area (Å²) >= 11 is 0. The first-order valence-corrected chi connectivity index (χ1v) is 9.02. The normalized spacial score (nSPS) is 8.45. The summed E-state index contributed by atoms with van der Waals surface area (Å²) in [5, 5.41) is 0. The predicted molar refractivity (Wildman–Crippen MR) is 101 cm³/mol. The summed E-state index contributed by atoms with van der Waals surface area (Å²) in [4.78, 5) is 0. The van der Waals surface area contributed by atoms with Gasteiger partial charge in [0.25, 0.3) is 0 Å². The average molecular weight is 287 g/mol. The molecule has 0 aliphatic rings. The number of allylic oxidation sites excluding steroid dienone is 1. The summed E-state index contributed by atoms with van der Waals surface area (Å²) in [6.07, 6.45) is 19.0. The van der Waals surface area contributed by atoms with Crippen molar-refractivity contribution in [2.75, 3.05) is 0 Å². The number of unbranched alkanes of at least 4 members (excludes halogenated alkanes) is 11. The van der Waals surface area contributed by atoms with Gasteiger partial charge in [-0.15, -0.1) is 6.58 Å². The lowest BCUT2D eigenvalue weighted by molar-refractivity contribution is 0.550. The van der Waals surface area contributed by atoms with Gasteiger partial charge in [0.05, 0.1) is 0 Å². The van der Waals surface area contributed by atoms with Gasteiger partial charge in [-0.3, -0.25) is 0 Å². The van der Waals surface area contributed by atoms with Crippen LogP contribution in [-0.2, 0) is 0 Å². The van der Waals surface area contributed by atoms with E-state index in [0.717, 1.165) is 0 Å². The van der Waals surface area contributed by atoms with Crippen molar-refractivity contribution in [1.29, 1.82) is 0 Å². The second-order valence-electron chi connectivity index (χ2n) is 4.61. The fourth-order valence-electron chi connectivity index (χ4n) is 1.95. The third-order valence-corrected chi connectivity index (χ3v) is 3.01. The molecule has 0 unspecified atom stereocenters. The molecule has 0 aromatic heterocycles. The maximum Gasteiger partial charge on any atom is -0.0353 e. The Hall–Kier alpha value is -0.260. The number of hydrogen-bond acceptors (Lipinski definition) is 0. The predicted octanol–water partition coefficient (Wildman–Crippen LogP) is 8.56. The maximum atomic E-state index is 3.74. The van der Waals surface area contributed by atoms with Crippen LogP contribution in [0.3, 0.4) is 0 Å². The fraction of sp³-hybridized carbons (Fsp3) is 0.900. The van der Waals surface area contributed by atoms with E-state index >= 15 is 0 Å². The molecule has 20 heavy (non-hydrogen) atoms. The highest BCUT2D eigenvalue weighted by Gasteiger charge is 1.91. The van der Waals surface area contributed by atoms with Crippen LogP contribution in [0, 0.1) is 0 Å². The standard InChI is InChI=1S/C15H30.2C2H6.CH4/c1-3-5-7-9-11-13-15-14-12-10-8-6-4-2;2*1-2;/h3H,1,4-15H2,2H3;2*1-2H3;1H4. The van der Waals surface area contributed by atoms with Gasteiger partial charge in [0.15, 0.2) is 0 Å². The van der Waals surface area contributed by atoms with Crippen LogP contribution >= 0.6 is 0 Å². The monoisotopic (exact) mass is 286 g/mol. The molecule has 0 radical (unpaired) electrons. The summed E-state index contributed by atoms with van der Waals surface area (Å²) in [6, 6.07) is 0. The lowest BCUT2D eigenvalue weighted by Gasteiger charge is -2.01. The highest BCUT2D eigenvalue weighted by atomic mass is 14.0. The van der Waals surface area contributed by atoms with Crippen molar-refractivity contribution in [2.24, 2.45) is 0 Å². The van der Waals surface area contributed by atoms with Gasteiger partial charge >= 0.3 is 0 Å². The van der Waals surface area contributed by atoms with E-state index in [1.54, 1.807) is 0 Å². The summed E-state index contributed by atoms with van der Waals surface area (Å²) in [6.45, 7) is 14.0. The number of hydrogen-bond donors (Lipinski definition) is 0. The second kappa shape index (κ2) is 36.3. The second-order valence-corrected chi connectivity index (χ2v) is 4.61. The molecule has 0 aromatic carbocycles. The molecule has 0 atom stereocenters. The summed E-state index contributed by atoms with van der Waals surface area (Å²) in [5.74, 6) is 0. The summed E-state index contributed by atoms with van der Waals surface area (Å²) < 4.78 is 0. The van der Waals surface area contributed by atoms with E-state index < -0.39 is 0 Å². The SMILES string of the molecule is C.C=CCCCCCCCCCCCCC.CC.CC. The molecule has 0 rings (SSSR count). The molecule has 0 aliphatic heterocycles. The van der Waals surface area contributed by atoms with E-state index in [0.29, 0.717) is 0 Å². The minimum absolute atomic E-state index is 0. The Balaban J connectivity index is -0.000000233. The van der Waals surface area contributed by atoms with Crippen LogP contribution in [0.25, 0.3) is 0 Å². The molecule has 0 aromatic rings. The average Bonchev–Trinajstić information content (AvgIpc) is 2.49. The van der Waals surface area contributed by atoms with Crippen molar-refractivity contribution in [3.63, 3.8) is 0 Å². The molecule has 126 valence electrons. The van der Waals surface area contributed by atoms with E-state index in [1.807, 2.05) is 33.8 Å². The summed E-state index contributed by atoms with van der Waals surface area (Å²) in [5.41, 5.74) is 0. The van der Waals surface area contributed by atoms with Crippen LogP contribution in [0.15, 0.2) is 12.7 Å². The molecule has 0 amide bonds. The lowest BCUT2D eigenvalue weighted by Crippen LogP contribution is -1.81. The van der Waals surface area contributed by atoms with E-state index in [4.69, 9.17) is 0 Å². The zero-order valence-electron chi connectivity index (χ0n) is 14.8. The molecule has 0 heteroatoms. The van der Waals surface area contributed by atoms with Crippen molar-refractivity contribution in [1.82, 2.24) is 0 Å². The zero-order valence-corrected chi connectivity index (χ0v) is 14.8. The highest BCUT2D eigenvalue weighted by Crippen LogP contribution is 2.11. The quantitative estimate of drug-likeness (QED) is 0.249. The largest absolute Gasteiger partial charge is 0.103 e. The van der Waals surface area contributed by atoms with Crippen molar-refractivity contribution in [3.8, 4) is 0 Å². The van der Waals surface area contributed by atoms with Crippen LogP contribution in [-0.4, -0.2) is 0 Å². The van der Waals surface area contributed by atoms with Gasteiger partial charge in [-0.2, -0.15) is 0 Å². The molecule has 0 heterocycles. The highest BCUT2D eigenvalue weighted by molar-refractivity contribution is 4.65. The molecule has 0 saturated heterocycles. The van der Waals surface area contributed by atoms with E-state index in [-0.39, 0.29) is 7.43 Å². The first kappa shape index (κ1) is 28.0. The van der Waals surface area contributed by atoms with Crippen molar-refractivity contribution in [3.05, 3.63) is 12.7 Å². The Morgan fingerprint density at radius 1 is 0.600 bits per heavy atom. The molecular formula is C20H46. The van der Waals surface area contributed by atoms with Crippen LogP contribution in [0.4, 0.5) is 0 Å². The van der Waals surface area contributed by atoms with E-state index in [2.05, 4.69) is 13.5 Å². The van der Waals surface area contributed by atoms with Crippen LogP contribution in [0.2, 0.25) is 0 Å². The fourth-order valence-corrected chi connectivity index (χ4v) is 1.95. The minimum atomic E-state index is 0. The van der Waals surface area contributed by atoms with Gasteiger partial charge in [-0.1, -0.05) is 112 Å². The first-order valence-electron chi connectivity index (χ1n) is 9.02. The van der Waals surface area contributed by atoms with Crippen molar-refractivity contribution in [2.45, 2.75) is 119 Å². The lowest BCUT2D eigenvalue weighted by atomic mass is 10.1. The number of rotatable bonds is 12. The van der Waals surface area contributed by atoms with Gasteiger partial charge in [0.2, 0.25) is 0 Å². The van der Waals surface area contributed by atoms with Gasteiger partial charge in [0.1, 0.15) is 0 Å². The zero-order chi connectivity index (χ0) is 15.2. The van der Waals surface area contributed by atoms with Gasteiger partial charge in [-0.05, 0) is 12.8 Å². The molecule has 0 fully saturated rings. The van der Waals surface area contributed by atoms with Crippen LogP contribution < -0.4 is 0 Å². The Morgan fingerprint density at radius 2 is 0.900 bits per heavy atom. The Bertz CT molecular complexity index is 115. The maximum absolute atomic E-state index is 3.74. The molecule has 0 N–H and O–H groups in total. The molecular weight excluding hydrogens is 240 g/mol. The topological polar surface area (TPSA) is 0 Å². The van der Waals surface area contributed by atoms with Crippen LogP contribution in [0.1, 0.15) is 119 Å². The molecule has 0 aliphatic carbocycles. The first-order chi connectivity index (χ1) is 9.41. The third kappa shape index (κ3) is 36.1. The van der Waals surface area contributed by atoms with Crippen molar-refractivity contribution >= 4 is 0 Å². The van der Waals surface area contributed by atoms with Gasteiger partial charge in [0, 0.05) is 0 Å². The Labute approximate surface area is 132 Å². The summed E-state index contributed by atoms with van der Waals surface area (Å²) in [7, 11) is 0. The Kier molecular flexibility index (Phi) is 50.8. The molecule has 0 bridgehead atoms. The molecule has 0 nitrogen and oxygen atoms in total. The smallest absolute Gasteiger partial charge is 0.0353 e. The third-order valence-electron chi connectivity index (χ3n) is 3.01. The van der Waals surface area contributed by atoms with E-state index in [1.165, 1.54) is 77.0 Å². The minimum Gasteiger partial charge on any atom is -0.103 e. The Morgan fingerprint density at radius 3 is 1.20 bits per heavy atom. The van der Waals surface area contributed by atoms with Gasteiger partial charge < -0.3 is 0 Å². The van der Waals surface area contributed by atoms with Gasteiger partial charge in [-0.25, -0.2) is 0 Å². The van der Waals surface area contributed by atoms with Crippen LogP contribution in [0.5, 0.6) is 0 Å². The molecule has 0 saturated carbocycles. The molecule has 0 spiro atoms. The van der Waals surface area contributed by atoms with E-state index in [9.17, 15) is 0 Å². The van der Waals surface area contributed by atoms with Crippen molar-refractivity contribution < 1.29 is 0 Å².